The average Bonchev–Trinajstić information content (AvgIpc) is 2.32. The molecular formula is C12H19ClN2O2S. The van der Waals surface area contributed by atoms with Crippen LogP contribution in [-0.4, -0.2) is 26.3 Å². The van der Waals surface area contributed by atoms with Crippen LogP contribution in [0.25, 0.3) is 0 Å². The number of anilines is 1. The number of unbranched alkanes of at least 4 members (excludes halogenated alkanes) is 1. The summed E-state index contributed by atoms with van der Waals surface area (Å²) in [6.45, 7) is 4.26. The molecule has 0 saturated carbocycles. The van der Waals surface area contributed by atoms with Gasteiger partial charge in [0.25, 0.3) is 0 Å². The second-order valence-electron chi connectivity index (χ2n) is 4.30. The van der Waals surface area contributed by atoms with Crippen molar-refractivity contribution in [1.29, 1.82) is 0 Å². The highest BCUT2D eigenvalue weighted by Gasteiger charge is 2.21. The summed E-state index contributed by atoms with van der Waals surface area (Å²) < 4.78 is 25.9. The van der Waals surface area contributed by atoms with Gasteiger partial charge in [-0.2, -0.15) is 0 Å². The Kier molecular flexibility index (Phi) is 5.01. The third-order valence-electron chi connectivity index (χ3n) is 2.89. The van der Waals surface area contributed by atoms with Crippen molar-refractivity contribution < 1.29 is 8.42 Å². The van der Waals surface area contributed by atoms with E-state index in [0.717, 1.165) is 12.8 Å². The van der Waals surface area contributed by atoms with Crippen molar-refractivity contribution in [3.63, 3.8) is 0 Å². The molecule has 0 bridgehead atoms. The van der Waals surface area contributed by atoms with Crippen LogP contribution in [0.1, 0.15) is 25.3 Å². The van der Waals surface area contributed by atoms with Gasteiger partial charge in [0.05, 0.1) is 4.90 Å². The Hall–Kier alpha value is -0.780. The number of nitrogen functional groups attached to an aromatic ring is 1. The predicted molar refractivity (Wildman–Crippen MR) is 75.3 cm³/mol. The van der Waals surface area contributed by atoms with Gasteiger partial charge in [0.15, 0.2) is 0 Å². The third-order valence-corrected chi connectivity index (χ3v) is 5.12. The molecule has 0 fully saturated rings. The largest absolute Gasteiger partial charge is 0.398 e. The Bertz CT molecular complexity index is 506. The molecule has 0 spiro atoms. The van der Waals surface area contributed by atoms with Crippen molar-refractivity contribution in [3.8, 4) is 0 Å². The summed E-state index contributed by atoms with van der Waals surface area (Å²) in [6.07, 6.45) is 1.77. The van der Waals surface area contributed by atoms with E-state index in [4.69, 9.17) is 17.3 Å². The van der Waals surface area contributed by atoms with Crippen LogP contribution >= 0.6 is 11.6 Å². The van der Waals surface area contributed by atoms with Crippen LogP contribution < -0.4 is 5.73 Å². The lowest BCUT2D eigenvalue weighted by Crippen LogP contribution is -2.28. The summed E-state index contributed by atoms with van der Waals surface area (Å²) in [5.74, 6) is 0. The molecule has 0 aliphatic heterocycles. The van der Waals surface area contributed by atoms with Crippen LogP contribution in [0.5, 0.6) is 0 Å². The van der Waals surface area contributed by atoms with Crippen molar-refractivity contribution in [2.24, 2.45) is 0 Å². The maximum absolute atomic E-state index is 12.3. The SMILES string of the molecule is CCCCN(C)S(=O)(=O)c1cc(N)c(C)c(Cl)c1. The van der Waals surface area contributed by atoms with Gasteiger partial charge in [-0.1, -0.05) is 24.9 Å². The Morgan fingerprint density at radius 2 is 2.00 bits per heavy atom. The van der Waals surface area contributed by atoms with E-state index >= 15 is 0 Å². The minimum absolute atomic E-state index is 0.147. The van der Waals surface area contributed by atoms with Gasteiger partial charge in [-0.05, 0) is 31.0 Å². The Balaban J connectivity index is 3.13. The average molecular weight is 291 g/mol. The summed E-state index contributed by atoms with van der Waals surface area (Å²) in [5, 5.41) is 0.373. The summed E-state index contributed by atoms with van der Waals surface area (Å²) in [5.41, 5.74) is 6.85. The molecule has 4 nitrogen and oxygen atoms in total. The van der Waals surface area contributed by atoms with Crippen molar-refractivity contribution in [1.82, 2.24) is 4.31 Å². The molecule has 0 saturated heterocycles. The van der Waals surface area contributed by atoms with Gasteiger partial charge in [-0.3, -0.25) is 0 Å². The van der Waals surface area contributed by atoms with E-state index < -0.39 is 10.0 Å². The van der Waals surface area contributed by atoms with Crippen LogP contribution in [0.3, 0.4) is 0 Å². The number of halogens is 1. The maximum atomic E-state index is 12.3. The lowest BCUT2D eigenvalue weighted by atomic mass is 10.2. The van der Waals surface area contributed by atoms with Gasteiger partial charge < -0.3 is 5.73 Å². The molecule has 6 heteroatoms. The van der Waals surface area contributed by atoms with Crippen LogP contribution in [0.15, 0.2) is 17.0 Å². The molecule has 1 aromatic carbocycles. The number of nitrogens with two attached hydrogens (primary N) is 1. The standard InChI is InChI=1S/C12H19ClN2O2S/c1-4-5-6-15(3)18(16,17)10-7-11(13)9(2)12(14)8-10/h7-8H,4-6,14H2,1-3H3. The van der Waals surface area contributed by atoms with Gasteiger partial charge in [-0.15, -0.1) is 0 Å². The van der Waals surface area contributed by atoms with Crippen LogP contribution in [0.4, 0.5) is 5.69 Å². The Morgan fingerprint density at radius 3 is 2.50 bits per heavy atom. The fourth-order valence-corrected chi connectivity index (χ4v) is 3.07. The van der Waals surface area contributed by atoms with Gasteiger partial charge in [-0.25, -0.2) is 12.7 Å². The highest BCUT2D eigenvalue weighted by atomic mass is 35.5. The topological polar surface area (TPSA) is 63.4 Å². The number of hydrogen-bond donors (Lipinski definition) is 1. The number of sulfonamides is 1. The first kappa shape index (κ1) is 15.3. The quantitative estimate of drug-likeness (QED) is 0.848. The third kappa shape index (κ3) is 3.16. The molecule has 0 aliphatic carbocycles. The van der Waals surface area contributed by atoms with Crippen molar-refractivity contribution in [2.45, 2.75) is 31.6 Å². The molecule has 0 heterocycles. The van der Waals surface area contributed by atoms with Crippen LogP contribution in [-0.2, 0) is 10.0 Å². The van der Waals surface area contributed by atoms with Gasteiger partial charge >= 0.3 is 0 Å². The number of hydrogen-bond acceptors (Lipinski definition) is 3. The van der Waals surface area contributed by atoms with Gasteiger partial charge in [0.2, 0.25) is 10.0 Å². The molecule has 2 N–H and O–H groups in total. The fourth-order valence-electron chi connectivity index (χ4n) is 1.50. The molecule has 1 aromatic rings. The lowest BCUT2D eigenvalue weighted by Gasteiger charge is -2.17. The van der Waals surface area contributed by atoms with E-state index in [0.29, 0.717) is 22.8 Å². The maximum Gasteiger partial charge on any atom is 0.242 e. The molecule has 0 radical (unpaired) electrons. The smallest absolute Gasteiger partial charge is 0.242 e. The minimum Gasteiger partial charge on any atom is -0.398 e. The minimum atomic E-state index is -3.50. The summed E-state index contributed by atoms with van der Waals surface area (Å²) in [7, 11) is -1.94. The van der Waals surface area contributed by atoms with E-state index in [1.165, 1.54) is 16.4 Å². The molecule has 0 amide bonds. The highest BCUT2D eigenvalue weighted by Crippen LogP contribution is 2.27. The zero-order chi connectivity index (χ0) is 13.9. The number of benzene rings is 1. The van der Waals surface area contributed by atoms with E-state index in [9.17, 15) is 8.42 Å². The first-order valence-corrected chi connectivity index (χ1v) is 7.64. The van der Waals surface area contributed by atoms with Crippen LogP contribution in [0, 0.1) is 6.92 Å². The van der Waals surface area contributed by atoms with Crippen molar-refractivity contribution in [2.75, 3.05) is 19.3 Å². The highest BCUT2D eigenvalue weighted by molar-refractivity contribution is 7.89. The second-order valence-corrected chi connectivity index (χ2v) is 6.75. The second kappa shape index (κ2) is 5.91. The molecule has 18 heavy (non-hydrogen) atoms. The van der Waals surface area contributed by atoms with Crippen molar-refractivity contribution in [3.05, 3.63) is 22.7 Å². The molecule has 0 aliphatic rings. The molecular weight excluding hydrogens is 272 g/mol. The first-order valence-electron chi connectivity index (χ1n) is 5.82. The predicted octanol–water partition coefficient (Wildman–Crippen LogP) is 2.65. The van der Waals surface area contributed by atoms with Gasteiger partial charge in [0, 0.05) is 24.3 Å². The first-order chi connectivity index (χ1) is 8.30. The fraction of sp³-hybridized carbons (Fsp3) is 0.500. The number of rotatable bonds is 5. The monoisotopic (exact) mass is 290 g/mol. The zero-order valence-corrected chi connectivity index (χ0v) is 12.5. The molecule has 1 rings (SSSR count). The summed E-state index contributed by atoms with van der Waals surface area (Å²) >= 11 is 5.97. The van der Waals surface area contributed by atoms with Crippen LogP contribution in [0.2, 0.25) is 5.02 Å². The summed E-state index contributed by atoms with van der Waals surface area (Å²) in [6, 6.07) is 2.91. The number of nitrogens with zero attached hydrogens (tertiary/aromatic N) is 1. The Morgan fingerprint density at radius 1 is 1.39 bits per heavy atom. The molecule has 0 atom stereocenters. The van der Waals surface area contributed by atoms with E-state index in [1.807, 2.05) is 6.92 Å². The van der Waals surface area contributed by atoms with E-state index in [-0.39, 0.29) is 4.90 Å². The molecule has 0 aromatic heterocycles. The zero-order valence-electron chi connectivity index (χ0n) is 10.9. The van der Waals surface area contributed by atoms with E-state index in [1.54, 1.807) is 14.0 Å². The Labute approximate surface area is 114 Å². The molecule has 0 unspecified atom stereocenters. The van der Waals surface area contributed by atoms with Crippen molar-refractivity contribution >= 4 is 27.3 Å². The normalized spacial score (nSPS) is 12.1. The lowest BCUT2D eigenvalue weighted by molar-refractivity contribution is 0.459. The van der Waals surface area contributed by atoms with Gasteiger partial charge in [0.1, 0.15) is 0 Å². The van der Waals surface area contributed by atoms with E-state index in [2.05, 4.69) is 0 Å². The molecule has 102 valence electrons. The summed E-state index contributed by atoms with van der Waals surface area (Å²) in [4.78, 5) is 0.147.